The minimum absolute atomic E-state index is 0.135. The Labute approximate surface area is 146 Å². The van der Waals surface area contributed by atoms with Crippen molar-refractivity contribution in [1.29, 1.82) is 0 Å². The van der Waals surface area contributed by atoms with Gasteiger partial charge in [-0.3, -0.25) is 20.2 Å². The number of carboxylic acid groups (broad SMARTS) is 1. The number of rotatable bonds is 6. The lowest BCUT2D eigenvalue weighted by Crippen LogP contribution is -2.44. The van der Waals surface area contributed by atoms with Gasteiger partial charge in [0.15, 0.2) is 0 Å². The van der Waals surface area contributed by atoms with Crippen molar-refractivity contribution in [2.75, 3.05) is 0 Å². The Balaban J connectivity index is 3.16. The van der Waals surface area contributed by atoms with E-state index in [-0.39, 0.29) is 5.56 Å². The number of phenols is 1. The monoisotopic (exact) mass is 371 g/mol. The molecule has 0 heterocycles. The van der Waals surface area contributed by atoms with Crippen molar-refractivity contribution in [2.45, 2.75) is 38.8 Å². The molecule has 142 valence electrons. The molecule has 0 aromatic heterocycles. The van der Waals surface area contributed by atoms with E-state index in [1.54, 1.807) is 20.8 Å². The number of carbonyl (C=O) groups excluding carboxylic acids is 1. The maximum atomic E-state index is 11.7. The second-order valence-corrected chi connectivity index (χ2v) is 6.24. The van der Waals surface area contributed by atoms with Crippen LogP contribution in [0.2, 0.25) is 0 Å². The second-order valence-electron chi connectivity index (χ2n) is 6.24. The third-order valence-electron chi connectivity index (χ3n) is 2.95. The number of amides is 1. The number of hydrogen-bond donors (Lipinski definition) is 3. The summed E-state index contributed by atoms with van der Waals surface area (Å²) in [6, 6.07) is 0.0398. The van der Waals surface area contributed by atoms with Gasteiger partial charge in [0.25, 0.3) is 5.75 Å². The van der Waals surface area contributed by atoms with Crippen molar-refractivity contribution in [3.05, 3.63) is 37.9 Å². The van der Waals surface area contributed by atoms with Crippen LogP contribution in [0.15, 0.2) is 12.1 Å². The minimum atomic E-state index is -1.56. The van der Waals surface area contributed by atoms with E-state index in [1.165, 1.54) is 0 Å². The van der Waals surface area contributed by atoms with Crippen molar-refractivity contribution in [1.82, 2.24) is 5.32 Å². The van der Waals surface area contributed by atoms with Crippen LogP contribution in [0, 0.1) is 20.2 Å². The van der Waals surface area contributed by atoms with Gasteiger partial charge in [0, 0.05) is 18.6 Å². The Morgan fingerprint density at radius 1 is 1.19 bits per heavy atom. The van der Waals surface area contributed by atoms with Gasteiger partial charge in [-0.05, 0) is 26.3 Å². The van der Waals surface area contributed by atoms with Crippen LogP contribution in [0.3, 0.4) is 0 Å². The summed E-state index contributed by atoms with van der Waals surface area (Å²) in [5.41, 5.74) is -2.92. The lowest BCUT2D eigenvalue weighted by atomic mass is 10.0. The topological polar surface area (TPSA) is 182 Å². The van der Waals surface area contributed by atoms with Crippen LogP contribution in [-0.2, 0) is 16.0 Å². The molecule has 3 N–H and O–H groups in total. The number of carboxylic acids is 1. The number of benzene rings is 1. The molecule has 0 saturated carbocycles. The summed E-state index contributed by atoms with van der Waals surface area (Å²) in [6.07, 6.45) is -1.54. The molecule has 0 aliphatic rings. The van der Waals surface area contributed by atoms with Crippen LogP contribution in [0.4, 0.5) is 16.2 Å². The van der Waals surface area contributed by atoms with Gasteiger partial charge >= 0.3 is 23.4 Å². The number of nitro benzene ring substituents is 2. The average Bonchev–Trinajstić information content (AvgIpc) is 2.45. The van der Waals surface area contributed by atoms with E-state index in [1.807, 2.05) is 0 Å². The maximum Gasteiger partial charge on any atom is 0.408 e. The molecule has 12 heteroatoms. The number of hydrogen-bond acceptors (Lipinski definition) is 8. The molecule has 26 heavy (non-hydrogen) atoms. The van der Waals surface area contributed by atoms with E-state index in [0.717, 1.165) is 12.1 Å². The number of alkyl carbamates (subject to hydrolysis) is 1. The fourth-order valence-corrected chi connectivity index (χ4v) is 1.94. The lowest BCUT2D eigenvalue weighted by molar-refractivity contribution is -0.396. The van der Waals surface area contributed by atoms with Crippen molar-refractivity contribution in [3.63, 3.8) is 0 Å². The maximum absolute atomic E-state index is 11.7. The number of aromatic hydroxyl groups is 1. The van der Waals surface area contributed by atoms with Gasteiger partial charge < -0.3 is 20.3 Å². The number of carbonyl (C=O) groups is 2. The molecule has 1 rings (SSSR count). The van der Waals surface area contributed by atoms with E-state index < -0.39 is 57.1 Å². The zero-order valence-corrected chi connectivity index (χ0v) is 14.1. The summed E-state index contributed by atoms with van der Waals surface area (Å²) in [5, 5.41) is 42.7. The van der Waals surface area contributed by atoms with E-state index in [9.17, 15) is 40.0 Å². The fourth-order valence-electron chi connectivity index (χ4n) is 1.94. The molecule has 0 saturated heterocycles. The molecule has 1 atom stereocenters. The van der Waals surface area contributed by atoms with Gasteiger partial charge in [-0.25, -0.2) is 9.59 Å². The van der Waals surface area contributed by atoms with Crippen molar-refractivity contribution < 1.29 is 34.4 Å². The Kier molecular flexibility index (Phi) is 6.05. The van der Waals surface area contributed by atoms with E-state index in [0.29, 0.717) is 0 Å². The SMILES string of the molecule is CC(C)(C)OC(=O)N[C@@H](Cc1cc([N+](=O)[O-])c(O)c([N+](=O)[O-])c1)C(=O)O. The molecule has 0 aliphatic carbocycles. The zero-order valence-electron chi connectivity index (χ0n) is 14.1. The van der Waals surface area contributed by atoms with Crippen LogP contribution in [-0.4, -0.2) is 43.8 Å². The smallest absolute Gasteiger partial charge is 0.408 e. The van der Waals surface area contributed by atoms with Gasteiger partial charge in [-0.1, -0.05) is 0 Å². The van der Waals surface area contributed by atoms with E-state index in [2.05, 4.69) is 5.32 Å². The first-order chi connectivity index (χ1) is 11.8. The lowest BCUT2D eigenvalue weighted by Gasteiger charge is -2.22. The molecule has 1 amide bonds. The average molecular weight is 371 g/mol. The van der Waals surface area contributed by atoms with Gasteiger partial charge in [0.1, 0.15) is 11.6 Å². The summed E-state index contributed by atoms with van der Waals surface area (Å²) in [4.78, 5) is 42.8. The van der Waals surface area contributed by atoms with E-state index in [4.69, 9.17) is 4.74 Å². The molecule has 0 unspecified atom stereocenters. The number of nitrogens with one attached hydrogen (secondary N) is 1. The summed E-state index contributed by atoms with van der Waals surface area (Å²) in [5.74, 6) is -2.62. The molecular formula is C14H17N3O9. The summed E-state index contributed by atoms with van der Waals surface area (Å²) in [7, 11) is 0. The third kappa shape index (κ3) is 5.58. The predicted molar refractivity (Wildman–Crippen MR) is 85.9 cm³/mol. The quantitative estimate of drug-likeness (QED) is 0.495. The second kappa shape index (κ2) is 7.63. The van der Waals surface area contributed by atoms with E-state index >= 15 is 0 Å². The van der Waals surface area contributed by atoms with Gasteiger partial charge in [0.2, 0.25) is 0 Å². The van der Waals surface area contributed by atoms with Crippen LogP contribution in [0.5, 0.6) is 5.75 Å². The Hall–Kier alpha value is -3.44. The van der Waals surface area contributed by atoms with Crippen molar-refractivity contribution in [3.8, 4) is 5.75 Å². The number of nitro groups is 2. The van der Waals surface area contributed by atoms with Crippen LogP contribution < -0.4 is 5.32 Å². The third-order valence-corrected chi connectivity index (χ3v) is 2.95. The molecule has 0 fully saturated rings. The Morgan fingerprint density at radius 2 is 1.65 bits per heavy atom. The highest BCUT2D eigenvalue weighted by atomic mass is 16.6. The predicted octanol–water partition coefficient (Wildman–Crippen LogP) is 1.73. The summed E-state index contributed by atoms with van der Waals surface area (Å²) < 4.78 is 4.93. The van der Waals surface area contributed by atoms with Gasteiger partial charge in [0.05, 0.1) is 9.85 Å². The number of ether oxygens (including phenoxy) is 1. The van der Waals surface area contributed by atoms with Crippen LogP contribution in [0.1, 0.15) is 26.3 Å². The Morgan fingerprint density at radius 3 is 2.00 bits per heavy atom. The Bertz CT molecular complexity index is 720. The highest BCUT2D eigenvalue weighted by molar-refractivity contribution is 5.80. The fraction of sp³-hybridized carbons (Fsp3) is 0.429. The van der Waals surface area contributed by atoms with Gasteiger partial charge in [-0.2, -0.15) is 0 Å². The molecule has 0 aliphatic heterocycles. The normalized spacial score (nSPS) is 12.1. The van der Waals surface area contributed by atoms with Crippen molar-refractivity contribution >= 4 is 23.4 Å². The molecule has 1 aromatic rings. The largest absolute Gasteiger partial charge is 0.497 e. The standard InChI is InChI=1S/C14H17N3O9/c1-14(2,3)26-13(21)15-8(12(19)20)4-7-5-9(16(22)23)11(18)10(6-7)17(24)25/h5-6,8,18H,4H2,1-3H3,(H,15,21)(H,19,20)/t8-/m0/s1. The van der Waals surface area contributed by atoms with Crippen LogP contribution in [0.25, 0.3) is 0 Å². The molecule has 0 bridgehead atoms. The molecule has 0 radical (unpaired) electrons. The number of phenolic OH excluding ortho intramolecular Hbond substituents is 1. The number of nitrogens with zero attached hydrogens (tertiary/aromatic N) is 2. The van der Waals surface area contributed by atoms with Gasteiger partial charge in [-0.15, -0.1) is 0 Å². The first-order valence-electron chi connectivity index (χ1n) is 7.19. The molecule has 12 nitrogen and oxygen atoms in total. The first kappa shape index (κ1) is 20.6. The van der Waals surface area contributed by atoms with Crippen molar-refractivity contribution in [2.24, 2.45) is 0 Å². The zero-order chi connectivity index (χ0) is 20.2. The van der Waals surface area contributed by atoms with Crippen LogP contribution >= 0.6 is 0 Å². The molecule has 0 spiro atoms. The molecule has 1 aromatic carbocycles. The summed E-state index contributed by atoms with van der Waals surface area (Å²) in [6.45, 7) is 4.69. The highest BCUT2D eigenvalue weighted by Gasteiger charge is 2.29. The first-order valence-corrected chi connectivity index (χ1v) is 7.19. The summed E-state index contributed by atoms with van der Waals surface area (Å²) >= 11 is 0. The minimum Gasteiger partial charge on any atom is -0.497 e. The number of aliphatic carboxylic acids is 1. The highest BCUT2D eigenvalue weighted by Crippen LogP contribution is 2.36. The molecular weight excluding hydrogens is 354 g/mol.